The molecule has 1 aliphatic rings. The van der Waals surface area contributed by atoms with Crippen molar-refractivity contribution in [1.82, 2.24) is 4.90 Å². The minimum Gasteiger partial charge on any atom is -0.481 e. The average molecular weight is 508 g/mol. The predicted molar refractivity (Wildman–Crippen MR) is 133 cm³/mol. The maximum absolute atomic E-state index is 12.5. The maximum atomic E-state index is 12.5. The number of carboxylic acids is 1. The number of hydrogen-bond donors (Lipinski definition) is 1. The molecule has 34 heavy (non-hydrogen) atoms. The number of carbonyl (C=O) groups excluding carboxylic acids is 2. The third kappa shape index (κ3) is 8.03. The Morgan fingerprint density at radius 2 is 1.35 bits per heavy atom. The van der Waals surface area contributed by atoms with Crippen molar-refractivity contribution >= 4 is 41.2 Å². The van der Waals surface area contributed by atoms with Gasteiger partial charge in [-0.1, -0.05) is 75.2 Å². The first kappa shape index (κ1) is 27.7. The number of rotatable bonds is 7. The van der Waals surface area contributed by atoms with Crippen molar-refractivity contribution in [3.63, 3.8) is 0 Å². The maximum Gasteiger partial charge on any atom is 0.416 e. The van der Waals surface area contributed by atoms with Gasteiger partial charge in [0.25, 0.3) is 0 Å². The minimum atomic E-state index is -0.769. The number of hydrogen-bond acceptors (Lipinski definition) is 4. The smallest absolute Gasteiger partial charge is 0.416 e. The second kappa shape index (κ2) is 12.8. The molecule has 6 nitrogen and oxygen atoms in total. The summed E-state index contributed by atoms with van der Waals surface area (Å²) in [7, 11) is 0. The zero-order valence-corrected chi connectivity index (χ0v) is 21.3. The van der Waals surface area contributed by atoms with Gasteiger partial charge in [0.2, 0.25) is 5.91 Å². The third-order valence-corrected chi connectivity index (χ3v) is 6.17. The molecule has 8 heteroatoms. The van der Waals surface area contributed by atoms with Crippen LogP contribution in [0.2, 0.25) is 10.0 Å². The van der Waals surface area contributed by atoms with Crippen molar-refractivity contribution in [3.05, 3.63) is 69.7 Å². The lowest BCUT2D eigenvalue weighted by Crippen LogP contribution is -2.44. The molecule has 3 atom stereocenters. The molecule has 0 bridgehead atoms. The van der Waals surface area contributed by atoms with Gasteiger partial charge in [-0.3, -0.25) is 9.59 Å². The average Bonchev–Trinajstić information content (AvgIpc) is 3.18. The summed E-state index contributed by atoms with van der Waals surface area (Å²) in [6.45, 7) is 7.78. The molecule has 2 aromatic rings. The number of aliphatic carboxylic acids is 1. The van der Waals surface area contributed by atoms with E-state index >= 15 is 0 Å². The molecule has 0 spiro atoms. The van der Waals surface area contributed by atoms with E-state index in [1.54, 1.807) is 31.2 Å². The number of imide groups is 1. The van der Waals surface area contributed by atoms with E-state index in [-0.39, 0.29) is 36.3 Å². The molecule has 0 saturated carbocycles. The van der Waals surface area contributed by atoms with Crippen molar-refractivity contribution in [2.75, 3.05) is 6.61 Å². The Kier molecular flexibility index (Phi) is 10.4. The number of carboxylic acid groups (broad SMARTS) is 1. The van der Waals surface area contributed by atoms with Crippen LogP contribution in [0.5, 0.6) is 0 Å². The summed E-state index contributed by atoms with van der Waals surface area (Å²) in [4.78, 5) is 36.2. The largest absolute Gasteiger partial charge is 0.481 e. The molecular weight excluding hydrogens is 477 g/mol. The fourth-order valence-corrected chi connectivity index (χ4v) is 3.79. The normalized spacial score (nSPS) is 17.0. The topological polar surface area (TPSA) is 83.9 Å². The molecule has 0 aromatic heterocycles. The third-order valence-electron chi connectivity index (χ3n) is 5.67. The molecular formula is C26H31Cl2NO5. The van der Waals surface area contributed by atoms with E-state index < -0.39 is 12.1 Å². The number of amides is 2. The van der Waals surface area contributed by atoms with Gasteiger partial charge in [-0.2, -0.15) is 0 Å². The molecule has 1 heterocycles. The minimum absolute atomic E-state index is 0.169. The van der Waals surface area contributed by atoms with Gasteiger partial charge < -0.3 is 9.84 Å². The summed E-state index contributed by atoms with van der Waals surface area (Å²) in [6.07, 6.45) is 0.596. The summed E-state index contributed by atoms with van der Waals surface area (Å²) in [5.41, 5.74) is 2.02. The number of ether oxygens (including phenoxy) is 1. The lowest BCUT2D eigenvalue weighted by molar-refractivity contribution is -0.141. The molecule has 0 unspecified atom stereocenters. The van der Waals surface area contributed by atoms with Crippen molar-refractivity contribution in [1.29, 1.82) is 0 Å². The van der Waals surface area contributed by atoms with Gasteiger partial charge in [0.05, 0.1) is 12.0 Å². The fraction of sp³-hybridized carbons (Fsp3) is 0.423. The zero-order valence-electron chi connectivity index (χ0n) is 19.8. The highest BCUT2D eigenvalue weighted by molar-refractivity contribution is 6.30. The summed E-state index contributed by atoms with van der Waals surface area (Å²) in [5, 5.41) is 10.0. The molecule has 0 radical (unpaired) electrons. The first-order valence-electron chi connectivity index (χ1n) is 11.2. The summed E-state index contributed by atoms with van der Waals surface area (Å²) >= 11 is 11.5. The number of nitrogens with zero attached hydrogens (tertiary/aromatic N) is 1. The fourth-order valence-electron chi connectivity index (χ4n) is 3.54. The van der Waals surface area contributed by atoms with Gasteiger partial charge in [-0.05, 0) is 54.2 Å². The standard InChI is InChI=1S/C16H20ClNO3.C10H11ClO2/c1-10(2)14-9-21-16(20)18(14)15(19)11(3)8-12-4-6-13(17)7-5-12;1-7(10(12)13)6-8-2-4-9(11)5-3-8/h4-7,10-11,14H,8-9H2,1-3H3;2-5,7H,6H2,1H3,(H,12,13)/t11-,14+;7-/m11/s1. The Labute approximate surface area is 210 Å². The summed E-state index contributed by atoms with van der Waals surface area (Å²) in [6, 6.07) is 14.5. The lowest BCUT2D eigenvalue weighted by atomic mass is 9.97. The van der Waals surface area contributed by atoms with E-state index in [9.17, 15) is 14.4 Å². The molecule has 1 fully saturated rings. The predicted octanol–water partition coefficient (Wildman–Crippen LogP) is 6.13. The van der Waals surface area contributed by atoms with Crippen LogP contribution in [-0.4, -0.2) is 40.6 Å². The highest BCUT2D eigenvalue weighted by atomic mass is 35.5. The van der Waals surface area contributed by atoms with Gasteiger partial charge in [0, 0.05) is 16.0 Å². The number of cyclic esters (lactones) is 1. The second-order valence-electron chi connectivity index (χ2n) is 8.90. The molecule has 1 saturated heterocycles. The molecule has 1 aliphatic heterocycles. The van der Waals surface area contributed by atoms with Crippen molar-refractivity contribution in [2.24, 2.45) is 17.8 Å². The van der Waals surface area contributed by atoms with Crippen LogP contribution in [-0.2, 0) is 27.2 Å². The SMILES string of the molecule is CC(C)[C@@H]1COC(=O)N1C(=O)[C@H](C)Cc1ccc(Cl)cc1.C[C@H](Cc1ccc(Cl)cc1)C(=O)O. The van der Waals surface area contributed by atoms with Crippen LogP contribution in [0.3, 0.4) is 0 Å². The van der Waals surface area contributed by atoms with Crippen LogP contribution < -0.4 is 0 Å². The van der Waals surface area contributed by atoms with Gasteiger partial charge in [0.15, 0.2) is 0 Å². The van der Waals surface area contributed by atoms with Crippen molar-refractivity contribution < 1.29 is 24.2 Å². The van der Waals surface area contributed by atoms with Gasteiger partial charge >= 0.3 is 12.1 Å². The zero-order chi connectivity index (χ0) is 25.4. The Bertz CT molecular complexity index is 976. The van der Waals surface area contributed by atoms with Gasteiger partial charge in [0.1, 0.15) is 6.61 Å². The Morgan fingerprint density at radius 1 is 0.912 bits per heavy atom. The quantitative estimate of drug-likeness (QED) is 0.487. The monoisotopic (exact) mass is 507 g/mol. The van der Waals surface area contributed by atoms with E-state index in [2.05, 4.69) is 0 Å². The lowest BCUT2D eigenvalue weighted by Gasteiger charge is -2.25. The molecule has 2 aromatic carbocycles. The number of halogens is 2. The molecule has 1 N–H and O–H groups in total. The summed E-state index contributed by atoms with van der Waals surface area (Å²) in [5.74, 6) is -1.39. The van der Waals surface area contributed by atoms with Crippen LogP contribution in [0, 0.1) is 17.8 Å². The number of benzene rings is 2. The summed E-state index contributed by atoms with van der Waals surface area (Å²) < 4.78 is 5.03. The Morgan fingerprint density at radius 3 is 1.76 bits per heavy atom. The first-order valence-corrected chi connectivity index (χ1v) is 12.0. The van der Waals surface area contributed by atoms with Crippen molar-refractivity contribution in [2.45, 2.75) is 46.6 Å². The molecule has 2 amide bonds. The van der Waals surface area contributed by atoms with E-state index in [0.717, 1.165) is 11.1 Å². The second-order valence-corrected chi connectivity index (χ2v) is 9.77. The van der Waals surface area contributed by atoms with E-state index in [1.807, 2.05) is 45.0 Å². The van der Waals surface area contributed by atoms with Crippen LogP contribution in [0.1, 0.15) is 38.8 Å². The highest BCUT2D eigenvalue weighted by Crippen LogP contribution is 2.23. The van der Waals surface area contributed by atoms with Gasteiger partial charge in [-0.15, -0.1) is 0 Å². The molecule has 184 valence electrons. The van der Waals surface area contributed by atoms with Crippen LogP contribution in [0.4, 0.5) is 4.79 Å². The molecule has 3 rings (SSSR count). The number of carbonyl (C=O) groups is 3. The Balaban J connectivity index is 0.000000270. The molecule has 0 aliphatic carbocycles. The van der Waals surface area contributed by atoms with E-state index in [1.165, 1.54) is 4.90 Å². The van der Waals surface area contributed by atoms with Crippen LogP contribution >= 0.6 is 23.2 Å². The van der Waals surface area contributed by atoms with E-state index in [0.29, 0.717) is 22.9 Å². The van der Waals surface area contributed by atoms with Gasteiger partial charge in [-0.25, -0.2) is 9.69 Å². The Hall–Kier alpha value is -2.57. The highest BCUT2D eigenvalue weighted by Gasteiger charge is 2.40. The van der Waals surface area contributed by atoms with Crippen molar-refractivity contribution in [3.8, 4) is 0 Å². The van der Waals surface area contributed by atoms with Crippen LogP contribution in [0.25, 0.3) is 0 Å². The first-order chi connectivity index (χ1) is 16.0. The van der Waals surface area contributed by atoms with Crippen LogP contribution in [0.15, 0.2) is 48.5 Å². The van der Waals surface area contributed by atoms with E-state index in [4.69, 9.17) is 33.0 Å².